The van der Waals surface area contributed by atoms with E-state index in [0.29, 0.717) is 24.7 Å². The van der Waals surface area contributed by atoms with E-state index in [9.17, 15) is 26.8 Å². The van der Waals surface area contributed by atoms with Gasteiger partial charge in [0.2, 0.25) is 0 Å². The number of anilines is 1. The molecule has 200 valence electrons. The van der Waals surface area contributed by atoms with Gasteiger partial charge in [0.15, 0.2) is 5.75 Å². The summed E-state index contributed by atoms with van der Waals surface area (Å²) < 4.78 is 64.0. The Labute approximate surface area is 224 Å². The summed E-state index contributed by atoms with van der Waals surface area (Å²) >= 11 is 6.34. The Bertz CT molecular complexity index is 1520. The quantitative estimate of drug-likeness (QED) is 0.299. The van der Waals surface area contributed by atoms with E-state index in [1.54, 1.807) is 51.1 Å². The average molecular weight is 563 g/mol. The zero-order valence-electron chi connectivity index (χ0n) is 20.8. The molecule has 7 nitrogen and oxygen atoms in total. The number of sulfonamides is 1. The van der Waals surface area contributed by atoms with Crippen molar-refractivity contribution in [2.24, 2.45) is 5.41 Å². The average Bonchev–Trinajstić information content (AvgIpc) is 2.80. The van der Waals surface area contributed by atoms with Crippen LogP contribution in [0, 0.1) is 17.0 Å². The van der Waals surface area contributed by atoms with Crippen molar-refractivity contribution in [2.75, 3.05) is 17.8 Å². The zero-order valence-corrected chi connectivity index (χ0v) is 22.4. The fraction of sp³-hybridized carbons (Fsp3) is 0.259. The molecule has 1 amide bonds. The minimum absolute atomic E-state index is 0.0381. The number of nitrogens with one attached hydrogen (secondary N) is 1. The first-order valence-corrected chi connectivity index (χ1v) is 13.6. The molecule has 4 rings (SSSR count). The molecule has 1 N–H and O–H groups in total. The standard InChI is InChI=1S/C27H25ClF2N2O5S/c1-27(2,3)26(34)37-24-19(28)12-17(25(33)32-10-7-11-32)13-23(24)38(35,36)31-22-14-18(20(29)15-21(22)30)16-8-5-4-6-9-16/h4-6,8-9,12-15,31H,7,10-11H2,1-3H3. The summed E-state index contributed by atoms with van der Waals surface area (Å²) in [5.41, 5.74) is -1.25. The van der Waals surface area contributed by atoms with Crippen molar-refractivity contribution in [3.63, 3.8) is 0 Å². The number of carbonyl (C=O) groups excluding carboxylic acids is 2. The number of halogens is 3. The first kappa shape index (κ1) is 27.5. The number of nitrogens with zero attached hydrogens (tertiary/aromatic N) is 1. The van der Waals surface area contributed by atoms with Gasteiger partial charge in [0.25, 0.3) is 15.9 Å². The SMILES string of the molecule is CC(C)(C)C(=O)Oc1c(Cl)cc(C(=O)N2CCC2)cc1S(=O)(=O)Nc1cc(-c2ccccc2)c(F)cc1F. The largest absolute Gasteiger partial charge is 0.423 e. The highest BCUT2D eigenvalue weighted by Crippen LogP contribution is 2.38. The fourth-order valence-electron chi connectivity index (χ4n) is 3.60. The second kappa shape index (κ2) is 10.3. The van der Waals surface area contributed by atoms with Gasteiger partial charge in [0, 0.05) is 30.3 Å². The van der Waals surface area contributed by atoms with Crippen LogP contribution < -0.4 is 9.46 Å². The highest BCUT2D eigenvalue weighted by Gasteiger charge is 2.32. The van der Waals surface area contributed by atoms with Crippen molar-refractivity contribution in [3.05, 3.63) is 76.8 Å². The maximum absolute atomic E-state index is 14.8. The molecule has 1 heterocycles. The third kappa shape index (κ3) is 5.66. The molecule has 38 heavy (non-hydrogen) atoms. The number of rotatable bonds is 6. The van der Waals surface area contributed by atoms with Gasteiger partial charge >= 0.3 is 5.97 Å². The van der Waals surface area contributed by atoms with Crippen molar-refractivity contribution in [3.8, 4) is 16.9 Å². The molecular weight excluding hydrogens is 538 g/mol. The molecule has 0 saturated carbocycles. The lowest BCUT2D eigenvalue weighted by molar-refractivity contribution is -0.143. The minimum Gasteiger partial charge on any atom is -0.423 e. The highest BCUT2D eigenvalue weighted by atomic mass is 35.5. The summed E-state index contributed by atoms with van der Waals surface area (Å²) in [4.78, 5) is 26.3. The Kier molecular flexibility index (Phi) is 7.49. The van der Waals surface area contributed by atoms with Gasteiger partial charge in [-0.1, -0.05) is 41.9 Å². The smallest absolute Gasteiger partial charge is 0.316 e. The summed E-state index contributed by atoms with van der Waals surface area (Å²) in [7, 11) is -4.71. The summed E-state index contributed by atoms with van der Waals surface area (Å²) in [5, 5.41) is -0.293. The number of amides is 1. The van der Waals surface area contributed by atoms with E-state index in [1.165, 1.54) is 11.0 Å². The molecule has 1 fully saturated rings. The normalized spacial score (nSPS) is 13.6. The predicted octanol–water partition coefficient (Wildman–Crippen LogP) is 5.88. The molecule has 3 aromatic rings. The predicted molar refractivity (Wildman–Crippen MR) is 140 cm³/mol. The Morgan fingerprint density at radius 2 is 1.66 bits per heavy atom. The molecule has 0 bridgehead atoms. The van der Waals surface area contributed by atoms with Crippen LogP contribution in [-0.2, 0) is 14.8 Å². The number of likely N-dealkylation sites (tertiary alicyclic amines) is 1. The van der Waals surface area contributed by atoms with Gasteiger partial charge in [-0.15, -0.1) is 0 Å². The molecule has 1 aliphatic rings. The van der Waals surface area contributed by atoms with Gasteiger partial charge in [-0.25, -0.2) is 17.2 Å². The number of hydrogen-bond donors (Lipinski definition) is 1. The van der Waals surface area contributed by atoms with Crippen LogP contribution in [-0.4, -0.2) is 38.3 Å². The van der Waals surface area contributed by atoms with Crippen LogP contribution in [0.25, 0.3) is 11.1 Å². The van der Waals surface area contributed by atoms with E-state index in [2.05, 4.69) is 4.72 Å². The van der Waals surface area contributed by atoms with E-state index in [1.807, 2.05) is 0 Å². The lowest BCUT2D eigenvalue weighted by atomic mass is 9.97. The second-order valence-corrected chi connectivity index (χ2v) is 11.9. The van der Waals surface area contributed by atoms with E-state index in [4.69, 9.17) is 16.3 Å². The van der Waals surface area contributed by atoms with Crippen molar-refractivity contribution < 1.29 is 31.5 Å². The molecular formula is C27H25ClF2N2O5S. The zero-order chi connectivity index (χ0) is 27.8. The Balaban J connectivity index is 1.81. The summed E-state index contributed by atoms with van der Waals surface area (Å²) in [6.45, 7) is 5.70. The Morgan fingerprint density at radius 3 is 2.24 bits per heavy atom. The number of hydrogen-bond acceptors (Lipinski definition) is 5. The van der Waals surface area contributed by atoms with Crippen LogP contribution in [0.4, 0.5) is 14.5 Å². The molecule has 0 unspecified atom stereocenters. The third-order valence-corrected chi connectivity index (χ3v) is 7.53. The fourth-order valence-corrected chi connectivity index (χ4v) is 5.15. The van der Waals surface area contributed by atoms with Crippen LogP contribution in [0.2, 0.25) is 5.02 Å². The maximum atomic E-state index is 14.8. The number of benzene rings is 3. The van der Waals surface area contributed by atoms with Crippen LogP contribution in [0.1, 0.15) is 37.6 Å². The van der Waals surface area contributed by atoms with Crippen molar-refractivity contribution in [1.82, 2.24) is 4.90 Å². The van der Waals surface area contributed by atoms with Crippen LogP contribution in [0.5, 0.6) is 5.75 Å². The van der Waals surface area contributed by atoms with Crippen LogP contribution in [0.15, 0.2) is 59.5 Å². The van der Waals surface area contributed by atoms with E-state index in [0.717, 1.165) is 18.6 Å². The number of esters is 1. The first-order valence-electron chi connectivity index (χ1n) is 11.7. The molecule has 3 aromatic carbocycles. The van der Waals surface area contributed by atoms with Gasteiger partial charge in [-0.3, -0.25) is 14.3 Å². The molecule has 1 saturated heterocycles. The molecule has 0 atom stereocenters. The Hall–Kier alpha value is -3.50. The van der Waals surface area contributed by atoms with Gasteiger partial charge in [0.1, 0.15) is 16.5 Å². The van der Waals surface area contributed by atoms with Gasteiger partial charge in [-0.2, -0.15) is 0 Å². The van der Waals surface area contributed by atoms with Crippen LogP contribution in [0.3, 0.4) is 0 Å². The summed E-state index contributed by atoms with van der Waals surface area (Å²) in [6.07, 6.45) is 0.807. The van der Waals surface area contributed by atoms with Gasteiger partial charge in [0.05, 0.1) is 16.1 Å². The molecule has 0 aromatic heterocycles. The van der Waals surface area contributed by atoms with Gasteiger partial charge < -0.3 is 9.64 Å². The lowest BCUT2D eigenvalue weighted by Crippen LogP contribution is -2.42. The Morgan fingerprint density at radius 1 is 1.00 bits per heavy atom. The van der Waals surface area contributed by atoms with Crippen molar-refractivity contribution in [1.29, 1.82) is 0 Å². The van der Waals surface area contributed by atoms with E-state index >= 15 is 0 Å². The lowest BCUT2D eigenvalue weighted by Gasteiger charge is -2.31. The number of ether oxygens (including phenoxy) is 1. The van der Waals surface area contributed by atoms with Gasteiger partial charge in [-0.05, 0) is 51.0 Å². The maximum Gasteiger partial charge on any atom is 0.316 e. The molecule has 0 radical (unpaired) electrons. The molecule has 11 heteroatoms. The summed E-state index contributed by atoms with van der Waals surface area (Å²) in [5.74, 6) is -3.80. The van der Waals surface area contributed by atoms with Crippen molar-refractivity contribution >= 4 is 39.2 Å². The van der Waals surface area contributed by atoms with E-state index in [-0.39, 0.29) is 16.1 Å². The van der Waals surface area contributed by atoms with Crippen molar-refractivity contribution in [2.45, 2.75) is 32.1 Å². The summed E-state index contributed by atoms with van der Waals surface area (Å²) in [6, 6.07) is 12.0. The van der Waals surface area contributed by atoms with Crippen LogP contribution >= 0.6 is 11.6 Å². The van der Waals surface area contributed by atoms with E-state index < -0.39 is 55.3 Å². The topological polar surface area (TPSA) is 92.8 Å². The monoisotopic (exact) mass is 562 g/mol. The molecule has 1 aliphatic heterocycles. The third-order valence-electron chi connectivity index (χ3n) is 5.88. The second-order valence-electron chi connectivity index (χ2n) is 9.85. The number of carbonyl (C=O) groups is 2. The highest BCUT2D eigenvalue weighted by molar-refractivity contribution is 7.92. The first-order chi connectivity index (χ1) is 17.8. The molecule has 0 aliphatic carbocycles. The molecule has 0 spiro atoms. The minimum atomic E-state index is -4.71.